The van der Waals surface area contributed by atoms with Gasteiger partial charge in [-0.3, -0.25) is 4.79 Å². The summed E-state index contributed by atoms with van der Waals surface area (Å²) >= 11 is 0. The third-order valence-electron chi connectivity index (χ3n) is 4.93. The number of hydrogen-bond donors (Lipinski definition) is 1. The van der Waals surface area contributed by atoms with E-state index in [-0.39, 0.29) is 11.8 Å². The molecule has 1 aliphatic rings. The fraction of sp³-hybridized carbons (Fsp3) is 0.381. The monoisotopic (exact) mass is 323 g/mol. The van der Waals surface area contributed by atoms with Crippen LogP contribution in [0.1, 0.15) is 48.3 Å². The first-order valence-corrected chi connectivity index (χ1v) is 8.78. The Morgan fingerprint density at radius 3 is 2.46 bits per heavy atom. The van der Waals surface area contributed by atoms with Gasteiger partial charge in [0, 0.05) is 31.0 Å². The molecule has 3 nitrogen and oxygen atoms in total. The van der Waals surface area contributed by atoms with Gasteiger partial charge < -0.3 is 10.0 Å². The highest BCUT2D eigenvalue weighted by Crippen LogP contribution is 2.36. The van der Waals surface area contributed by atoms with Crippen molar-refractivity contribution in [1.29, 1.82) is 0 Å². The summed E-state index contributed by atoms with van der Waals surface area (Å²) in [5, 5.41) is 10.5. The Labute approximate surface area is 143 Å². The van der Waals surface area contributed by atoms with E-state index in [4.69, 9.17) is 0 Å². The van der Waals surface area contributed by atoms with Gasteiger partial charge in [0.05, 0.1) is 0 Å². The Morgan fingerprint density at radius 2 is 1.75 bits per heavy atom. The molecule has 126 valence electrons. The molecule has 0 saturated carbocycles. The number of carbonyl (C=O) groups excluding carboxylic acids is 1. The minimum absolute atomic E-state index is 0.111. The maximum absolute atomic E-state index is 12.8. The number of nitrogens with zero attached hydrogens (tertiary/aromatic N) is 1. The zero-order chi connectivity index (χ0) is 16.9. The van der Waals surface area contributed by atoms with Gasteiger partial charge in [0.15, 0.2) is 0 Å². The van der Waals surface area contributed by atoms with Crippen molar-refractivity contribution in [1.82, 2.24) is 4.90 Å². The largest absolute Gasteiger partial charge is 0.507 e. The first kappa shape index (κ1) is 16.6. The van der Waals surface area contributed by atoms with E-state index in [1.54, 1.807) is 0 Å². The van der Waals surface area contributed by atoms with Crippen LogP contribution in [0.3, 0.4) is 0 Å². The summed E-state index contributed by atoms with van der Waals surface area (Å²) in [6, 6.07) is 15.8. The molecule has 1 N–H and O–H groups in total. The number of amides is 1. The predicted molar refractivity (Wildman–Crippen MR) is 96.2 cm³/mol. The van der Waals surface area contributed by atoms with Gasteiger partial charge in [-0.1, -0.05) is 48.5 Å². The van der Waals surface area contributed by atoms with Gasteiger partial charge in [0.1, 0.15) is 5.75 Å². The standard InChI is InChI=1S/C21H25NO2/c1-16-9-8-12-18(21(16)24)19(17-10-4-2-5-11-17)15-20(23)22-13-6-3-7-14-22/h2,4-5,8-12,19,24H,3,6-7,13-15H2,1H3/t19-/m1/s1. The van der Waals surface area contributed by atoms with E-state index in [0.29, 0.717) is 12.2 Å². The molecule has 1 fully saturated rings. The van der Waals surface area contributed by atoms with Crippen LogP contribution >= 0.6 is 0 Å². The topological polar surface area (TPSA) is 40.5 Å². The fourth-order valence-electron chi connectivity index (χ4n) is 3.50. The average Bonchev–Trinajstić information content (AvgIpc) is 2.63. The van der Waals surface area contributed by atoms with Crippen LogP contribution in [-0.2, 0) is 4.79 Å². The highest BCUT2D eigenvalue weighted by molar-refractivity contribution is 5.78. The molecule has 0 radical (unpaired) electrons. The third kappa shape index (κ3) is 3.61. The molecule has 0 aromatic heterocycles. The van der Waals surface area contributed by atoms with Crippen LogP contribution in [0, 0.1) is 6.92 Å². The normalized spacial score (nSPS) is 16.0. The molecule has 2 aromatic rings. The Balaban J connectivity index is 1.91. The average molecular weight is 323 g/mol. The van der Waals surface area contributed by atoms with Crippen LogP contribution < -0.4 is 0 Å². The van der Waals surface area contributed by atoms with Crippen LogP contribution in [0.25, 0.3) is 0 Å². The van der Waals surface area contributed by atoms with E-state index < -0.39 is 0 Å². The van der Waals surface area contributed by atoms with Crippen molar-refractivity contribution in [3.8, 4) is 5.75 Å². The minimum atomic E-state index is -0.111. The molecular weight excluding hydrogens is 298 g/mol. The number of hydrogen-bond acceptors (Lipinski definition) is 2. The van der Waals surface area contributed by atoms with Gasteiger partial charge in [-0.2, -0.15) is 0 Å². The Kier molecular flexibility index (Phi) is 5.19. The summed E-state index contributed by atoms with van der Waals surface area (Å²) in [6.45, 7) is 3.62. The van der Waals surface area contributed by atoms with Gasteiger partial charge in [0.2, 0.25) is 5.91 Å². The summed E-state index contributed by atoms with van der Waals surface area (Å²) in [5.74, 6) is 0.378. The summed E-state index contributed by atoms with van der Waals surface area (Å²) in [5.41, 5.74) is 2.76. The second-order valence-corrected chi connectivity index (χ2v) is 6.62. The first-order valence-electron chi connectivity index (χ1n) is 8.78. The lowest BCUT2D eigenvalue weighted by atomic mass is 9.86. The van der Waals surface area contributed by atoms with Gasteiger partial charge in [0.25, 0.3) is 0 Å². The molecule has 0 aliphatic carbocycles. The van der Waals surface area contributed by atoms with Crippen LogP contribution in [-0.4, -0.2) is 29.0 Å². The molecule has 1 saturated heterocycles. The van der Waals surface area contributed by atoms with E-state index in [0.717, 1.165) is 42.6 Å². The minimum Gasteiger partial charge on any atom is -0.507 e. The van der Waals surface area contributed by atoms with Gasteiger partial charge in [-0.15, -0.1) is 0 Å². The maximum atomic E-state index is 12.8. The second kappa shape index (κ2) is 7.52. The zero-order valence-electron chi connectivity index (χ0n) is 14.2. The van der Waals surface area contributed by atoms with E-state index >= 15 is 0 Å². The maximum Gasteiger partial charge on any atom is 0.223 e. The lowest BCUT2D eigenvalue weighted by molar-refractivity contribution is -0.132. The van der Waals surface area contributed by atoms with Crippen molar-refractivity contribution < 1.29 is 9.90 Å². The van der Waals surface area contributed by atoms with E-state index in [9.17, 15) is 9.90 Å². The van der Waals surface area contributed by atoms with Crippen LogP contribution in [0.2, 0.25) is 0 Å². The summed E-state index contributed by atoms with van der Waals surface area (Å²) in [7, 11) is 0. The van der Waals surface area contributed by atoms with Gasteiger partial charge in [-0.25, -0.2) is 0 Å². The quantitative estimate of drug-likeness (QED) is 0.914. The zero-order valence-corrected chi connectivity index (χ0v) is 14.2. The van der Waals surface area contributed by atoms with Gasteiger partial charge in [-0.05, 0) is 37.3 Å². The molecule has 3 heteroatoms. The predicted octanol–water partition coefficient (Wildman–Crippen LogP) is 4.24. The SMILES string of the molecule is Cc1cccc([C@H](CC(=O)N2CCCCC2)c2ccccc2)c1O. The molecule has 0 spiro atoms. The Bertz CT molecular complexity index is 690. The molecule has 0 bridgehead atoms. The van der Waals surface area contributed by atoms with E-state index in [1.807, 2.05) is 60.4 Å². The molecular formula is C21H25NO2. The molecule has 2 aromatic carbocycles. The van der Waals surface area contributed by atoms with Gasteiger partial charge >= 0.3 is 0 Å². The number of likely N-dealkylation sites (tertiary alicyclic amines) is 1. The van der Waals surface area contributed by atoms with Crippen molar-refractivity contribution in [2.45, 2.75) is 38.5 Å². The number of aryl methyl sites for hydroxylation is 1. The smallest absolute Gasteiger partial charge is 0.223 e. The van der Waals surface area contributed by atoms with Crippen molar-refractivity contribution in [3.05, 3.63) is 65.2 Å². The molecule has 1 aliphatic heterocycles. The third-order valence-corrected chi connectivity index (χ3v) is 4.93. The number of carbonyl (C=O) groups is 1. The van der Waals surface area contributed by atoms with Crippen LogP contribution in [0.5, 0.6) is 5.75 Å². The highest BCUT2D eigenvalue weighted by Gasteiger charge is 2.25. The molecule has 3 rings (SSSR count). The van der Waals surface area contributed by atoms with Crippen molar-refractivity contribution >= 4 is 5.91 Å². The number of para-hydroxylation sites is 1. The molecule has 1 amide bonds. The molecule has 0 unspecified atom stereocenters. The lowest BCUT2D eigenvalue weighted by Gasteiger charge is -2.29. The number of phenolic OH excluding ortho intramolecular Hbond substituents is 1. The van der Waals surface area contributed by atoms with Crippen molar-refractivity contribution in [2.75, 3.05) is 13.1 Å². The molecule has 24 heavy (non-hydrogen) atoms. The fourth-order valence-corrected chi connectivity index (χ4v) is 3.50. The lowest BCUT2D eigenvalue weighted by Crippen LogP contribution is -2.36. The number of phenols is 1. The van der Waals surface area contributed by atoms with E-state index in [1.165, 1.54) is 6.42 Å². The molecule has 1 atom stereocenters. The number of piperidine rings is 1. The summed E-state index contributed by atoms with van der Waals surface area (Å²) in [6.07, 6.45) is 3.81. The number of aromatic hydroxyl groups is 1. The number of rotatable bonds is 4. The molecule has 1 heterocycles. The van der Waals surface area contributed by atoms with Crippen LogP contribution in [0.4, 0.5) is 0 Å². The highest BCUT2D eigenvalue weighted by atomic mass is 16.3. The summed E-state index contributed by atoms with van der Waals surface area (Å²) < 4.78 is 0. The summed E-state index contributed by atoms with van der Waals surface area (Å²) in [4.78, 5) is 14.8. The van der Waals surface area contributed by atoms with Crippen molar-refractivity contribution in [3.63, 3.8) is 0 Å². The first-order chi connectivity index (χ1) is 11.7. The second-order valence-electron chi connectivity index (χ2n) is 6.62. The van der Waals surface area contributed by atoms with Crippen molar-refractivity contribution in [2.24, 2.45) is 0 Å². The Hall–Kier alpha value is -2.29. The van der Waals surface area contributed by atoms with E-state index in [2.05, 4.69) is 0 Å². The Morgan fingerprint density at radius 1 is 1.04 bits per heavy atom. The van der Waals surface area contributed by atoms with Crippen LogP contribution in [0.15, 0.2) is 48.5 Å². The number of benzene rings is 2.